The van der Waals surface area contributed by atoms with E-state index in [9.17, 15) is 14.4 Å². The van der Waals surface area contributed by atoms with Gasteiger partial charge in [-0.1, -0.05) is 42.5 Å². The standard InChI is InChI=1S/C20H19NO4/c1-14(22)16-9-5-6-10-17(16)21-18(23)13-25-19(24)20(11-12-20)15-7-3-2-4-8-15/h2-10H,11-13H2,1H3,(H,21,23). The SMILES string of the molecule is CC(=O)c1ccccc1NC(=O)COC(=O)C1(c2ccccc2)CC1. The molecule has 0 spiro atoms. The zero-order valence-corrected chi connectivity index (χ0v) is 14.0. The van der Waals surface area contributed by atoms with E-state index in [-0.39, 0.29) is 18.4 Å². The van der Waals surface area contributed by atoms with E-state index in [2.05, 4.69) is 5.32 Å². The van der Waals surface area contributed by atoms with E-state index in [1.807, 2.05) is 30.3 Å². The zero-order valence-electron chi connectivity index (χ0n) is 14.0. The van der Waals surface area contributed by atoms with Gasteiger partial charge in [0, 0.05) is 5.56 Å². The second kappa shape index (κ2) is 6.89. The van der Waals surface area contributed by atoms with Crippen LogP contribution in [0.5, 0.6) is 0 Å². The predicted molar refractivity (Wildman–Crippen MR) is 93.4 cm³/mol. The molecule has 0 aliphatic heterocycles. The quantitative estimate of drug-likeness (QED) is 0.649. The first-order valence-corrected chi connectivity index (χ1v) is 8.15. The lowest BCUT2D eigenvalue weighted by atomic mass is 9.96. The Morgan fingerprint density at radius 3 is 2.28 bits per heavy atom. The van der Waals surface area contributed by atoms with Crippen LogP contribution in [0.4, 0.5) is 5.69 Å². The van der Waals surface area contributed by atoms with Crippen LogP contribution in [0.25, 0.3) is 0 Å². The topological polar surface area (TPSA) is 72.5 Å². The van der Waals surface area contributed by atoms with Gasteiger partial charge in [-0.15, -0.1) is 0 Å². The molecular weight excluding hydrogens is 318 g/mol. The minimum atomic E-state index is -0.612. The summed E-state index contributed by atoms with van der Waals surface area (Å²) in [6, 6.07) is 16.2. The molecule has 2 aromatic rings. The number of ether oxygens (including phenoxy) is 1. The van der Waals surface area contributed by atoms with E-state index in [4.69, 9.17) is 4.74 Å². The minimum absolute atomic E-state index is 0.145. The van der Waals surface area contributed by atoms with Crippen molar-refractivity contribution in [3.8, 4) is 0 Å². The molecule has 1 saturated carbocycles. The number of anilines is 1. The van der Waals surface area contributed by atoms with Crippen molar-refractivity contribution >= 4 is 23.3 Å². The smallest absolute Gasteiger partial charge is 0.317 e. The highest BCUT2D eigenvalue weighted by Gasteiger charge is 2.52. The van der Waals surface area contributed by atoms with Crippen molar-refractivity contribution in [2.75, 3.05) is 11.9 Å². The Kier molecular flexibility index (Phi) is 4.65. The van der Waals surface area contributed by atoms with E-state index >= 15 is 0 Å². The van der Waals surface area contributed by atoms with Crippen molar-refractivity contribution in [2.24, 2.45) is 0 Å². The lowest BCUT2D eigenvalue weighted by molar-refractivity contribution is -0.150. The zero-order chi connectivity index (χ0) is 17.9. The van der Waals surface area contributed by atoms with Gasteiger partial charge in [-0.3, -0.25) is 14.4 Å². The van der Waals surface area contributed by atoms with E-state index in [0.29, 0.717) is 11.3 Å². The lowest BCUT2D eigenvalue weighted by Crippen LogP contribution is -2.28. The summed E-state index contributed by atoms with van der Waals surface area (Å²) in [6.45, 7) is 1.06. The molecule has 25 heavy (non-hydrogen) atoms. The number of Topliss-reactive ketones (excluding diaryl/α,β-unsaturated/α-hetero) is 1. The first kappa shape index (κ1) is 16.9. The van der Waals surface area contributed by atoms with E-state index in [0.717, 1.165) is 18.4 Å². The van der Waals surface area contributed by atoms with Crippen molar-refractivity contribution in [2.45, 2.75) is 25.2 Å². The molecule has 1 fully saturated rings. The average molecular weight is 337 g/mol. The first-order chi connectivity index (χ1) is 12.0. The Hall–Kier alpha value is -2.95. The predicted octanol–water partition coefficient (Wildman–Crippen LogP) is 3.10. The van der Waals surface area contributed by atoms with E-state index < -0.39 is 11.3 Å². The van der Waals surface area contributed by atoms with E-state index in [1.54, 1.807) is 24.3 Å². The fourth-order valence-electron chi connectivity index (χ4n) is 2.85. The van der Waals surface area contributed by atoms with Crippen LogP contribution in [0.1, 0.15) is 35.7 Å². The number of carbonyl (C=O) groups is 3. The molecule has 0 atom stereocenters. The maximum absolute atomic E-state index is 12.4. The van der Waals surface area contributed by atoms with Gasteiger partial charge in [-0.05, 0) is 37.5 Å². The van der Waals surface area contributed by atoms with Crippen LogP contribution in [0.3, 0.4) is 0 Å². The molecular formula is C20H19NO4. The normalized spacial score (nSPS) is 14.4. The van der Waals surface area contributed by atoms with Crippen molar-refractivity contribution in [1.29, 1.82) is 0 Å². The van der Waals surface area contributed by atoms with Crippen LogP contribution in [0.15, 0.2) is 54.6 Å². The molecule has 0 radical (unpaired) electrons. The van der Waals surface area contributed by atoms with Gasteiger partial charge in [0.05, 0.1) is 11.1 Å². The van der Waals surface area contributed by atoms with Gasteiger partial charge in [0.2, 0.25) is 0 Å². The highest BCUT2D eigenvalue weighted by molar-refractivity contribution is 6.04. The monoisotopic (exact) mass is 337 g/mol. The van der Waals surface area contributed by atoms with Gasteiger partial charge < -0.3 is 10.1 Å². The van der Waals surface area contributed by atoms with Crippen LogP contribution in [-0.2, 0) is 19.7 Å². The summed E-state index contributed by atoms with van der Waals surface area (Å²) in [5.41, 5.74) is 1.14. The first-order valence-electron chi connectivity index (χ1n) is 8.15. The maximum atomic E-state index is 12.4. The molecule has 128 valence electrons. The van der Waals surface area contributed by atoms with E-state index in [1.165, 1.54) is 6.92 Å². The second-order valence-corrected chi connectivity index (χ2v) is 6.17. The molecule has 5 nitrogen and oxygen atoms in total. The highest BCUT2D eigenvalue weighted by atomic mass is 16.5. The number of amides is 1. The summed E-state index contributed by atoms with van der Waals surface area (Å²) in [4.78, 5) is 36.1. The number of nitrogens with one attached hydrogen (secondary N) is 1. The number of benzene rings is 2. The number of hydrogen-bond donors (Lipinski definition) is 1. The fourth-order valence-corrected chi connectivity index (χ4v) is 2.85. The molecule has 1 amide bonds. The molecule has 1 aliphatic carbocycles. The lowest BCUT2D eigenvalue weighted by Gasteiger charge is -2.15. The molecule has 0 unspecified atom stereocenters. The summed E-state index contributed by atoms with van der Waals surface area (Å²) in [6.07, 6.45) is 1.45. The molecule has 0 aromatic heterocycles. The van der Waals surface area contributed by atoms with Crippen LogP contribution in [0, 0.1) is 0 Å². The Labute approximate surface area is 146 Å². The van der Waals surface area contributed by atoms with Crippen molar-refractivity contribution in [3.05, 3.63) is 65.7 Å². The highest BCUT2D eigenvalue weighted by Crippen LogP contribution is 2.49. The molecule has 2 aromatic carbocycles. The molecule has 0 bridgehead atoms. The van der Waals surface area contributed by atoms with Gasteiger partial charge in [0.25, 0.3) is 5.91 Å². The Bertz CT molecular complexity index is 809. The van der Waals surface area contributed by atoms with Gasteiger partial charge >= 0.3 is 5.97 Å². The number of ketones is 1. The van der Waals surface area contributed by atoms with Gasteiger partial charge in [-0.25, -0.2) is 0 Å². The van der Waals surface area contributed by atoms with Gasteiger partial charge in [0.1, 0.15) is 0 Å². The number of carbonyl (C=O) groups excluding carboxylic acids is 3. The van der Waals surface area contributed by atoms with Crippen molar-refractivity contribution in [3.63, 3.8) is 0 Å². The molecule has 3 rings (SSSR count). The van der Waals surface area contributed by atoms with Crippen molar-refractivity contribution in [1.82, 2.24) is 0 Å². The Balaban J connectivity index is 1.60. The number of esters is 1. The summed E-state index contributed by atoms with van der Waals surface area (Å²) >= 11 is 0. The Morgan fingerprint density at radius 1 is 1.00 bits per heavy atom. The molecule has 1 N–H and O–H groups in total. The summed E-state index contributed by atoms with van der Waals surface area (Å²) < 4.78 is 5.22. The van der Waals surface area contributed by atoms with Crippen molar-refractivity contribution < 1.29 is 19.1 Å². The summed E-state index contributed by atoms with van der Waals surface area (Å²) in [5, 5.41) is 2.62. The van der Waals surface area contributed by atoms with Crippen LogP contribution >= 0.6 is 0 Å². The molecule has 0 saturated heterocycles. The molecule has 1 aliphatic rings. The minimum Gasteiger partial charge on any atom is -0.455 e. The van der Waals surface area contributed by atoms with Crippen LogP contribution in [-0.4, -0.2) is 24.3 Å². The number of rotatable bonds is 6. The van der Waals surface area contributed by atoms with Crippen LogP contribution in [0.2, 0.25) is 0 Å². The van der Waals surface area contributed by atoms with Gasteiger partial charge in [-0.2, -0.15) is 0 Å². The number of para-hydroxylation sites is 1. The third-order valence-corrected chi connectivity index (χ3v) is 4.38. The van der Waals surface area contributed by atoms with Crippen LogP contribution < -0.4 is 5.32 Å². The fraction of sp³-hybridized carbons (Fsp3) is 0.250. The largest absolute Gasteiger partial charge is 0.455 e. The Morgan fingerprint density at radius 2 is 1.64 bits per heavy atom. The third kappa shape index (κ3) is 3.60. The van der Waals surface area contributed by atoms with Gasteiger partial charge in [0.15, 0.2) is 12.4 Å². The average Bonchev–Trinajstić information content (AvgIpc) is 3.43. The summed E-state index contributed by atoms with van der Waals surface area (Å²) in [7, 11) is 0. The molecule has 0 heterocycles. The third-order valence-electron chi connectivity index (χ3n) is 4.38. The summed E-state index contributed by atoms with van der Waals surface area (Å²) in [5.74, 6) is -0.992. The molecule has 5 heteroatoms. The number of hydrogen-bond acceptors (Lipinski definition) is 4. The second-order valence-electron chi connectivity index (χ2n) is 6.17. The maximum Gasteiger partial charge on any atom is 0.317 e.